The number of hydrogen-bond acceptors (Lipinski definition) is 4. The Labute approximate surface area is 163 Å². The lowest BCUT2D eigenvalue weighted by atomic mass is 10.0. The molecule has 3 aromatic carbocycles. The number of amides is 1. The Morgan fingerprint density at radius 3 is 2.11 bits per heavy atom. The minimum atomic E-state index is -0.953. The normalized spacial score (nSPS) is 11.4. The molecule has 3 rings (SSSR count). The number of esters is 1. The van der Waals surface area contributed by atoms with E-state index in [2.05, 4.69) is 5.32 Å². The van der Waals surface area contributed by atoms with Crippen molar-refractivity contribution < 1.29 is 19.1 Å². The second kappa shape index (κ2) is 8.86. The summed E-state index contributed by atoms with van der Waals surface area (Å²) in [6.07, 6.45) is -0.953. The molecule has 0 fully saturated rings. The van der Waals surface area contributed by atoms with Gasteiger partial charge in [0.25, 0.3) is 5.91 Å². The number of benzene rings is 3. The highest BCUT2D eigenvalue weighted by molar-refractivity contribution is 5.98. The van der Waals surface area contributed by atoms with Crippen molar-refractivity contribution in [2.75, 3.05) is 12.4 Å². The Morgan fingerprint density at radius 2 is 1.43 bits per heavy atom. The molecule has 0 saturated heterocycles. The predicted octanol–water partition coefficient (Wildman–Crippen LogP) is 4.55. The smallest absolute Gasteiger partial charge is 0.338 e. The van der Waals surface area contributed by atoms with Crippen molar-refractivity contribution >= 4 is 17.6 Å². The van der Waals surface area contributed by atoms with Crippen LogP contribution in [0.2, 0.25) is 0 Å². The monoisotopic (exact) mass is 375 g/mol. The van der Waals surface area contributed by atoms with Crippen LogP contribution in [0.3, 0.4) is 0 Å². The molecule has 0 spiro atoms. The number of ether oxygens (including phenoxy) is 2. The summed E-state index contributed by atoms with van der Waals surface area (Å²) in [6.45, 7) is 1.53. The molecule has 0 aliphatic rings. The first kappa shape index (κ1) is 19.2. The van der Waals surface area contributed by atoms with E-state index in [1.807, 2.05) is 42.5 Å². The van der Waals surface area contributed by atoms with Gasteiger partial charge >= 0.3 is 5.97 Å². The fourth-order valence-corrected chi connectivity index (χ4v) is 2.69. The van der Waals surface area contributed by atoms with Gasteiger partial charge in [-0.1, -0.05) is 54.6 Å². The lowest BCUT2D eigenvalue weighted by molar-refractivity contribution is -0.123. The van der Waals surface area contributed by atoms with E-state index in [9.17, 15) is 9.59 Å². The van der Waals surface area contributed by atoms with E-state index in [4.69, 9.17) is 9.47 Å². The zero-order chi connectivity index (χ0) is 19.9. The van der Waals surface area contributed by atoms with Crippen LogP contribution < -0.4 is 10.1 Å². The first-order chi connectivity index (χ1) is 13.6. The topological polar surface area (TPSA) is 64.6 Å². The van der Waals surface area contributed by atoms with Crippen molar-refractivity contribution in [2.45, 2.75) is 13.0 Å². The van der Waals surface area contributed by atoms with Crippen molar-refractivity contribution in [2.24, 2.45) is 0 Å². The van der Waals surface area contributed by atoms with Gasteiger partial charge in [-0.05, 0) is 42.3 Å². The van der Waals surface area contributed by atoms with Crippen LogP contribution in [0.15, 0.2) is 78.9 Å². The fraction of sp³-hybridized carbons (Fsp3) is 0.130. The molecule has 0 radical (unpaired) electrons. The van der Waals surface area contributed by atoms with Crippen molar-refractivity contribution in [3.05, 3.63) is 84.4 Å². The number of rotatable bonds is 6. The molecule has 1 N–H and O–H groups in total. The van der Waals surface area contributed by atoms with Gasteiger partial charge in [0.2, 0.25) is 0 Å². The summed E-state index contributed by atoms with van der Waals surface area (Å²) in [6, 6.07) is 24.0. The number of nitrogens with one attached hydrogen (secondary N) is 1. The highest BCUT2D eigenvalue weighted by atomic mass is 16.5. The zero-order valence-electron chi connectivity index (χ0n) is 15.7. The van der Waals surface area contributed by atoms with Gasteiger partial charge < -0.3 is 14.8 Å². The fourth-order valence-electron chi connectivity index (χ4n) is 2.69. The molecule has 5 heteroatoms. The summed E-state index contributed by atoms with van der Waals surface area (Å²) in [5.74, 6) is -0.452. The second-order valence-corrected chi connectivity index (χ2v) is 6.18. The third kappa shape index (κ3) is 4.57. The summed E-state index contributed by atoms with van der Waals surface area (Å²) in [5.41, 5.74) is 2.97. The molecule has 0 saturated carbocycles. The molecule has 3 aromatic rings. The number of para-hydroxylation sites is 2. The Bertz CT molecular complexity index is 952. The second-order valence-electron chi connectivity index (χ2n) is 6.18. The molecule has 0 aliphatic carbocycles. The summed E-state index contributed by atoms with van der Waals surface area (Å²) in [5, 5.41) is 2.71. The van der Waals surface area contributed by atoms with Gasteiger partial charge in [0, 0.05) is 0 Å². The standard InChI is InChI=1S/C23H21NO4/c1-16(22(25)24-20-10-6-7-11-21(20)27-2)28-23(26)19-14-12-18(13-15-19)17-8-4-3-5-9-17/h3-16H,1-2H3,(H,24,25)/t16-/m1/s1. The van der Waals surface area contributed by atoms with Crippen LogP contribution in [-0.2, 0) is 9.53 Å². The van der Waals surface area contributed by atoms with Gasteiger partial charge in [-0.25, -0.2) is 4.79 Å². The Hall–Kier alpha value is -3.60. The zero-order valence-corrected chi connectivity index (χ0v) is 15.7. The number of anilines is 1. The largest absolute Gasteiger partial charge is 0.495 e. The Morgan fingerprint density at radius 1 is 0.821 bits per heavy atom. The van der Waals surface area contributed by atoms with Crippen LogP contribution in [0.1, 0.15) is 17.3 Å². The maximum atomic E-state index is 12.4. The van der Waals surface area contributed by atoms with Crippen LogP contribution in [0.5, 0.6) is 5.75 Å². The summed E-state index contributed by atoms with van der Waals surface area (Å²) >= 11 is 0. The molecule has 0 aromatic heterocycles. The molecule has 28 heavy (non-hydrogen) atoms. The third-order valence-electron chi connectivity index (χ3n) is 4.25. The van der Waals surface area contributed by atoms with Crippen LogP contribution in [0.25, 0.3) is 11.1 Å². The first-order valence-electron chi connectivity index (χ1n) is 8.89. The molecule has 1 amide bonds. The van der Waals surface area contributed by atoms with Gasteiger partial charge in [0.1, 0.15) is 5.75 Å². The molecule has 0 aliphatic heterocycles. The Kier molecular flexibility index (Phi) is 6.07. The third-order valence-corrected chi connectivity index (χ3v) is 4.25. The summed E-state index contributed by atoms with van der Waals surface area (Å²) in [7, 11) is 1.52. The molecular weight excluding hydrogens is 354 g/mol. The minimum Gasteiger partial charge on any atom is -0.495 e. The van der Waals surface area contributed by atoms with E-state index < -0.39 is 18.0 Å². The first-order valence-corrected chi connectivity index (χ1v) is 8.89. The molecule has 0 bridgehead atoms. The predicted molar refractivity (Wildman–Crippen MR) is 108 cm³/mol. The maximum Gasteiger partial charge on any atom is 0.338 e. The van der Waals surface area contributed by atoms with E-state index >= 15 is 0 Å². The number of carbonyl (C=O) groups is 2. The summed E-state index contributed by atoms with van der Waals surface area (Å²) in [4.78, 5) is 24.7. The highest BCUT2D eigenvalue weighted by Gasteiger charge is 2.20. The quantitative estimate of drug-likeness (QED) is 0.642. The number of methoxy groups -OCH3 is 1. The number of hydrogen-bond donors (Lipinski definition) is 1. The lowest BCUT2D eigenvalue weighted by Crippen LogP contribution is -2.30. The van der Waals surface area contributed by atoms with Crippen molar-refractivity contribution in [3.8, 4) is 16.9 Å². The van der Waals surface area contributed by atoms with Gasteiger partial charge in [-0.3, -0.25) is 4.79 Å². The molecule has 142 valence electrons. The molecule has 0 unspecified atom stereocenters. The average molecular weight is 375 g/mol. The van der Waals surface area contributed by atoms with E-state index in [0.717, 1.165) is 11.1 Å². The van der Waals surface area contributed by atoms with E-state index in [0.29, 0.717) is 17.0 Å². The lowest BCUT2D eigenvalue weighted by Gasteiger charge is -2.15. The van der Waals surface area contributed by atoms with Crippen molar-refractivity contribution in [1.82, 2.24) is 0 Å². The van der Waals surface area contributed by atoms with Crippen LogP contribution in [0.4, 0.5) is 5.69 Å². The van der Waals surface area contributed by atoms with E-state index in [1.165, 1.54) is 14.0 Å². The van der Waals surface area contributed by atoms with Gasteiger partial charge in [-0.15, -0.1) is 0 Å². The average Bonchev–Trinajstić information content (AvgIpc) is 2.74. The molecule has 5 nitrogen and oxygen atoms in total. The summed E-state index contributed by atoms with van der Waals surface area (Å²) < 4.78 is 10.5. The molecule has 1 atom stereocenters. The van der Waals surface area contributed by atoms with Gasteiger partial charge in [0.05, 0.1) is 18.4 Å². The van der Waals surface area contributed by atoms with Gasteiger partial charge in [-0.2, -0.15) is 0 Å². The Balaban J connectivity index is 1.63. The van der Waals surface area contributed by atoms with Gasteiger partial charge in [0.15, 0.2) is 6.10 Å². The maximum absolute atomic E-state index is 12.4. The van der Waals surface area contributed by atoms with E-state index in [1.54, 1.807) is 36.4 Å². The van der Waals surface area contributed by atoms with Crippen molar-refractivity contribution in [3.63, 3.8) is 0 Å². The van der Waals surface area contributed by atoms with Crippen LogP contribution in [0, 0.1) is 0 Å². The number of carbonyl (C=O) groups excluding carboxylic acids is 2. The molecular formula is C23H21NO4. The highest BCUT2D eigenvalue weighted by Crippen LogP contribution is 2.23. The van der Waals surface area contributed by atoms with Crippen LogP contribution >= 0.6 is 0 Å². The van der Waals surface area contributed by atoms with Crippen molar-refractivity contribution in [1.29, 1.82) is 0 Å². The minimum absolute atomic E-state index is 0.386. The molecule has 0 heterocycles. The van der Waals surface area contributed by atoms with Crippen LogP contribution in [-0.4, -0.2) is 25.1 Å². The van der Waals surface area contributed by atoms with E-state index in [-0.39, 0.29) is 0 Å². The SMILES string of the molecule is COc1ccccc1NC(=O)[C@@H](C)OC(=O)c1ccc(-c2ccccc2)cc1.